The Bertz CT molecular complexity index is 649. The van der Waals surface area contributed by atoms with Gasteiger partial charge in [-0.15, -0.1) is 0 Å². The Hall–Kier alpha value is -1.49. The molecule has 0 unspecified atom stereocenters. The van der Waals surface area contributed by atoms with Gasteiger partial charge in [-0.05, 0) is 47.5 Å². The van der Waals surface area contributed by atoms with Gasteiger partial charge in [0, 0.05) is 19.2 Å². The van der Waals surface area contributed by atoms with Gasteiger partial charge in [-0.2, -0.15) is 5.10 Å². The molecular formula is C14H14BrFN2O. The Balaban J connectivity index is 2.28. The first-order valence-corrected chi connectivity index (χ1v) is 6.66. The van der Waals surface area contributed by atoms with Crippen LogP contribution in [0.5, 0.6) is 0 Å². The fraction of sp³-hybridized carbons (Fsp3) is 0.286. The van der Waals surface area contributed by atoms with Crippen LogP contribution in [-0.2, 0) is 13.5 Å². The van der Waals surface area contributed by atoms with Gasteiger partial charge in [0.2, 0.25) is 0 Å². The fourth-order valence-corrected chi connectivity index (χ4v) is 2.53. The number of aromatic nitrogens is 2. The van der Waals surface area contributed by atoms with Gasteiger partial charge >= 0.3 is 0 Å². The molecule has 0 radical (unpaired) electrons. The number of benzene rings is 1. The molecule has 0 saturated heterocycles. The molecule has 0 aliphatic heterocycles. The van der Waals surface area contributed by atoms with Gasteiger partial charge < -0.3 is 0 Å². The fourth-order valence-electron chi connectivity index (χ4n) is 2.10. The van der Waals surface area contributed by atoms with E-state index in [2.05, 4.69) is 21.0 Å². The van der Waals surface area contributed by atoms with Crippen molar-refractivity contribution in [2.45, 2.75) is 20.3 Å². The van der Waals surface area contributed by atoms with Crippen LogP contribution in [0.4, 0.5) is 4.39 Å². The Labute approximate surface area is 119 Å². The predicted octanol–water partition coefficient (Wildman–Crippen LogP) is 3.36. The first-order valence-electron chi connectivity index (χ1n) is 5.87. The van der Waals surface area contributed by atoms with E-state index in [1.54, 1.807) is 16.8 Å². The number of carbonyl (C=O) groups excluding carboxylic acids is 1. The first-order chi connectivity index (χ1) is 8.90. The van der Waals surface area contributed by atoms with E-state index in [1.807, 2.05) is 20.9 Å². The van der Waals surface area contributed by atoms with Crippen LogP contribution in [0.1, 0.15) is 27.3 Å². The minimum absolute atomic E-state index is 0.00149. The zero-order valence-electron chi connectivity index (χ0n) is 11.0. The predicted molar refractivity (Wildman–Crippen MR) is 74.8 cm³/mol. The number of aryl methyl sites for hydroxylation is 2. The first kappa shape index (κ1) is 13.9. The van der Waals surface area contributed by atoms with Gasteiger partial charge in [-0.1, -0.05) is 6.07 Å². The lowest BCUT2D eigenvalue weighted by Crippen LogP contribution is -2.07. The summed E-state index contributed by atoms with van der Waals surface area (Å²) in [6.45, 7) is 3.69. The van der Waals surface area contributed by atoms with Crippen molar-refractivity contribution in [1.82, 2.24) is 9.78 Å². The van der Waals surface area contributed by atoms with E-state index in [4.69, 9.17) is 0 Å². The number of rotatable bonds is 3. The lowest BCUT2D eigenvalue weighted by molar-refractivity contribution is 0.0991. The van der Waals surface area contributed by atoms with Gasteiger partial charge in [0.1, 0.15) is 5.82 Å². The van der Waals surface area contributed by atoms with Gasteiger partial charge in [0.25, 0.3) is 0 Å². The lowest BCUT2D eigenvalue weighted by atomic mass is 10.0. The van der Waals surface area contributed by atoms with Crippen molar-refractivity contribution >= 4 is 21.7 Å². The third-order valence-corrected chi connectivity index (χ3v) is 3.74. The Morgan fingerprint density at radius 2 is 2.11 bits per heavy atom. The molecule has 3 nitrogen and oxygen atoms in total. The van der Waals surface area contributed by atoms with E-state index >= 15 is 0 Å². The highest BCUT2D eigenvalue weighted by atomic mass is 79.9. The molecule has 0 fully saturated rings. The van der Waals surface area contributed by atoms with Crippen molar-refractivity contribution in [3.05, 3.63) is 51.0 Å². The van der Waals surface area contributed by atoms with E-state index in [1.165, 1.54) is 6.07 Å². The number of ketones is 1. The van der Waals surface area contributed by atoms with Gasteiger partial charge in [-0.25, -0.2) is 4.39 Å². The monoisotopic (exact) mass is 324 g/mol. The quantitative estimate of drug-likeness (QED) is 0.811. The van der Waals surface area contributed by atoms with Crippen LogP contribution in [0.15, 0.2) is 22.7 Å². The lowest BCUT2D eigenvalue weighted by Gasteiger charge is -2.03. The summed E-state index contributed by atoms with van der Waals surface area (Å²) in [4.78, 5) is 12.3. The Kier molecular flexibility index (Phi) is 3.85. The maximum absolute atomic E-state index is 13.1. The average molecular weight is 325 g/mol. The molecule has 1 heterocycles. The highest BCUT2D eigenvalue weighted by molar-refractivity contribution is 9.10. The molecule has 100 valence electrons. The summed E-state index contributed by atoms with van der Waals surface area (Å²) in [5, 5.41) is 4.23. The topological polar surface area (TPSA) is 34.9 Å². The number of halogens is 2. The standard InChI is InChI=1S/C14H14BrFN2O/c1-8-14(9(2)18(3)17-8)13(19)7-10-4-5-12(16)11(15)6-10/h4-6H,7H2,1-3H3. The van der Waals surface area contributed by atoms with Crippen molar-refractivity contribution in [3.8, 4) is 0 Å². The maximum Gasteiger partial charge on any atom is 0.170 e. The van der Waals surface area contributed by atoms with Gasteiger partial charge in [0.15, 0.2) is 5.78 Å². The summed E-state index contributed by atoms with van der Waals surface area (Å²) in [5.41, 5.74) is 3.01. The molecule has 0 amide bonds. The summed E-state index contributed by atoms with van der Waals surface area (Å²) >= 11 is 3.12. The van der Waals surface area contributed by atoms with Crippen LogP contribution in [0.2, 0.25) is 0 Å². The van der Waals surface area contributed by atoms with Crippen LogP contribution in [0.25, 0.3) is 0 Å². The second-order valence-corrected chi connectivity index (χ2v) is 5.37. The number of Topliss-reactive ketones (excluding diaryl/α,β-unsaturated/α-hetero) is 1. The number of nitrogens with zero attached hydrogens (tertiary/aromatic N) is 2. The Morgan fingerprint density at radius 1 is 1.42 bits per heavy atom. The summed E-state index contributed by atoms with van der Waals surface area (Å²) in [6.07, 6.45) is 0.242. The van der Waals surface area contributed by atoms with Crippen molar-refractivity contribution in [2.75, 3.05) is 0 Å². The van der Waals surface area contributed by atoms with Crippen LogP contribution in [0, 0.1) is 19.7 Å². The van der Waals surface area contributed by atoms with E-state index in [0.29, 0.717) is 10.0 Å². The molecule has 2 rings (SSSR count). The third-order valence-electron chi connectivity index (χ3n) is 3.14. The second-order valence-electron chi connectivity index (χ2n) is 4.52. The molecule has 0 atom stereocenters. The molecule has 1 aromatic heterocycles. The van der Waals surface area contributed by atoms with E-state index in [9.17, 15) is 9.18 Å². The molecule has 0 bridgehead atoms. The zero-order valence-corrected chi connectivity index (χ0v) is 12.6. The highest BCUT2D eigenvalue weighted by Gasteiger charge is 2.17. The van der Waals surface area contributed by atoms with Gasteiger partial charge in [-0.3, -0.25) is 9.48 Å². The maximum atomic E-state index is 13.1. The SMILES string of the molecule is Cc1nn(C)c(C)c1C(=O)Cc1ccc(F)c(Br)c1. The molecule has 0 saturated carbocycles. The summed E-state index contributed by atoms with van der Waals surface area (Å²) in [6, 6.07) is 4.61. The normalized spacial score (nSPS) is 10.8. The van der Waals surface area contributed by atoms with Crippen LogP contribution in [-0.4, -0.2) is 15.6 Å². The minimum Gasteiger partial charge on any atom is -0.294 e. The van der Waals surface area contributed by atoms with E-state index in [-0.39, 0.29) is 18.0 Å². The molecule has 1 aromatic carbocycles. The van der Waals surface area contributed by atoms with Gasteiger partial charge in [0.05, 0.1) is 15.7 Å². The van der Waals surface area contributed by atoms with Crippen molar-refractivity contribution in [1.29, 1.82) is 0 Å². The highest BCUT2D eigenvalue weighted by Crippen LogP contribution is 2.20. The zero-order chi connectivity index (χ0) is 14.2. The smallest absolute Gasteiger partial charge is 0.170 e. The minimum atomic E-state index is -0.329. The van der Waals surface area contributed by atoms with E-state index in [0.717, 1.165) is 17.0 Å². The Morgan fingerprint density at radius 3 is 2.63 bits per heavy atom. The third kappa shape index (κ3) is 2.76. The molecular weight excluding hydrogens is 311 g/mol. The van der Waals surface area contributed by atoms with Crippen LogP contribution >= 0.6 is 15.9 Å². The summed E-state index contributed by atoms with van der Waals surface area (Å²) in [7, 11) is 1.81. The van der Waals surface area contributed by atoms with Crippen molar-refractivity contribution in [3.63, 3.8) is 0 Å². The summed E-state index contributed by atoms with van der Waals surface area (Å²) in [5.74, 6) is -0.327. The average Bonchev–Trinajstić information content (AvgIpc) is 2.58. The second kappa shape index (κ2) is 5.25. The van der Waals surface area contributed by atoms with Crippen LogP contribution in [0.3, 0.4) is 0 Å². The number of hydrogen-bond acceptors (Lipinski definition) is 2. The molecule has 0 aliphatic carbocycles. The molecule has 0 aliphatic rings. The van der Waals surface area contributed by atoms with Crippen molar-refractivity contribution in [2.24, 2.45) is 7.05 Å². The van der Waals surface area contributed by atoms with Crippen LogP contribution < -0.4 is 0 Å². The number of hydrogen-bond donors (Lipinski definition) is 0. The number of carbonyl (C=O) groups is 1. The van der Waals surface area contributed by atoms with E-state index < -0.39 is 0 Å². The summed E-state index contributed by atoms with van der Waals surface area (Å²) < 4.78 is 15.2. The molecule has 0 N–H and O–H groups in total. The molecule has 0 spiro atoms. The molecule has 2 aromatic rings. The largest absolute Gasteiger partial charge is 0.294 e. The molecule has 5 heteroatoms. The van der Waals surface area contributed by atoms with Crippen molar-refractivity contribution < 1.29 is 9.18 Å². The molecule has 19 heavy (non-hydrogen) atoms.